The van der Waals surface area contributed by atoms with Crippen molar-refractivity contribution in [3.8, 4) is 11.4 Å². The lowest BCUT2D eigenvalue weighted by atomic mass is 9.28. The molecule has 0 saturated carbocycles. The van der Waals surface area contributed by atoms with E-state index in [0.717, 1.165) is 68.0 Å². The van der Waals surface area contributed by atoms with Crippen LogP contribution in [0.3, 0.4) is 0 Å². The highest BCUT2D eigenvalue weighted by atomic mass is 16.5. The van der Waals surface area contributed by atoms with Crippen LogP contribution in [0, 0.1) is 0 Å². The highest BCUT2D eigenvalue weighted by Gasteiger charge is 2.47. The molecule has 6 aliphatic rings. The van der Waals surface area contributed by atoms with Gasteiger partial charge in [0.1, 0.15) is 23.0 Å². The Morgan fingerprint density at radius 1 is 0.758 bits per heavy atom. The van der Waals surface area contributed by atoms with E-state index in [2.05, 4.69) is 150 Å². The van der Waals surface area contributed by atoms with Crippen LogP contribution in [0.1, 0.15) is 153 Å². The number of ether oxygens (including phenoxy) is 1. The molecule has 0 saturated heterocycles. The summed E-state index contributed by atoms with van der Waals surface area (Å²) in [6.07, 6.45) is 23.4. The van der Waals surface area contributed by atoms with Gasteiger partial charge in [0.25, 0.3) is 0 Å². The molecule has 62 heavy (non-hydrogen) atoms. The molecule has 306 valence electrons. The zero-order valence-electron chi connectivity index (χ0n) is 37.4. The number of aryl methyl sites for hydroxylation is 1. The quantitative estimate of drug-likeness (QED) is 0.162. The van der Waals surface area contributed by atoms with E-state index in [0.29, 0.717) is 11.8 Å². The number of fused-ring (bicyclic) bond motifs is 13. The zero-order valence-corrected chi connectivity index (χ0v) is 37.4. The third-order valence-corrected chi connectivity index (χ3v) is 15.5. The van der Waals surface area contributed by atoms with Crippen LogP contribution in [0.5, 0.6) is 5.75 Å². The van der Waals surface area contributed by atoms with Crippen LogP contribution in [-0.4, -0.2) is 19.1 Å². The third-order valence-electron chi connectivity index (χ3n) is 15.5. The maximum atomic E-state index is 7.48. The molecule has 0 bridgehead atoms. The Morgan fingerprint density at radius 3 is 2.32 bits per heavy atom. The molecule has 1 aliphatic heterocycles. The summed E-state index contributed by atoms with van der Waals surface area (Å²) in [6, 6.07) is 21.3. The lowest BCUT2D eigenvalue weighted by molar-refractivity contribution is 0.384. The van der Waals surface area contributed by atoms with Crippen LogP contribution in [0.15, 0.2) is 94.7 Å². The van der Waals surface area contributed by atoms with Gasteiger partial charge in [-0.2, -0.15) is 0 Å². The first-order valence-electron chi connectivity index (χ1n) is 23.5. The van der Waals surface area contributed by atoms with Gasteiger partial charge in [0.2, 0.25) is 6.71 Å². The first kappa shape index (κ1) is 38.3. The molecular weight excluding hydrogens is 752 g/mol. The number of aromatic nitrogens is 1. The molecule has 2 unspecified atom stereocenters. The van der Waals surface area contributed by atoms with E-state index in [9.17, 15) is 0 Å². The van der Waals surface area contributed by atoms with Crippen LogP contribution in [0.25, 0.3) is 51.3 Å². The van der Waals surface area contributed by atoms with Gasteiger partial charge in [-0.1, -0.05) is 144 Å². The van der Waals surface area contributed by atoms with Gasteiger partial charge in [-0.3, -0.25) is 0 Å². The Balaban J connectivity index is 1.16. The maximum Gasteiger partial charge on any atom is 0.226 e. The number of hydrogen-bond donors (Lipinski definition) is 0. The van der Waals surface area contributed by atoms with Crippen molar-refractivity contribution in [3.05, 3.63) is 152 Å². The summed E-state index contributed by atoms with van der Waals surface area (Å²) in [5.74, 6) is 4.87. The monoisotopic (exact) mass is 807 g/mol. The van der Waals surface area contributed by atoms with Gasteiger partial charge in [0, 0.05) is 57.6 Å². The van der Waals surface area contributed by atoms with E-state index in [1.54, 1.807) is 5.57 Å². The Kier molecular flexibility index (Phi) is 8.52. The summed E-state index contributed by atoms with van der Waals surface area (Å²) >= 11 is 0. The minimum atomic E-state index is -0.130. The van der Waals surface area contributed by atoms with Crippen LogP contribution >= 0.6 is 0 Å². The Bertz CT molecular complexity index is 3070. The highest BCUT2D eigenvalue weighted by Crippen LogP contribution is 2.55. The molecule has 0 fully saturated rings. The van der Waals surface area contributed by atoms with Gasteiger partial charge in [-0.05, 0) is 101 Å². The van der Waals surface area contributed by atoms with E-state index in [1.165, 1.54) is 94.1 Å². The number of nitrogens with zero attached hydrogens (tertiary/aromatic N) is 1. The Hall–Kier alpha value is -5.41. The lowest BCUT2D eigenvalue weighted by Crippen LogP contribution is -2.56. The van der Waals surface area contributed by atoms with E-state index in [4.69, 9.17) is 17.0 Å². The molecule has 4 aromatic carbocycles. The molecule has 2 radical (unpaired) electrons. The summed E-state index contributed by atoms with van der Waals surface area (Å²) in [6.45, 7) is 16.5. The van der Waals surface area contributed by atoms with Crippen molar-refractivity contribution in [2.45, 2.75) is 122 Å². The molecule has 5 heteroatoms. The van der Waals surface area contributed by atoms with Crippen molar-refractivity contribution in [3.63, 3.8) is 0 Å². The van der Waals surface area contributed by atoms with E-state index < -0.39 is 0 Å². The standard InChI is InChI=1S/C57H55B2NO2/c1-31(2)34-26-41(32(3)4)55(42(27-34)33(5)58)59-45-29-50-43(37-18-12-15-23-49(37)61-50)28-51(45)62-52-30-48(36-17-8-9-19-39(36)56(52)59)60-46-22-14-11-20-40(46)53-47(60)25-24-38-35-16-10-13-21-44(35)57(6,7)54(38)53/h8,10-12,14,16-18,20,22,24-28,30-33,45H,9,13,15,19,21,23,29H2,1-7H3. The Morgan fingerprint density at radius 2 is 1.52 bits per heavy atom. The summed E-state index contributed by atoms with van der Waals surface area (Å²) < 4.78 is 16.9. The van der Waals surface area contributed by atoms with Crippen molar-refractivity contribution < 1.29 is 9.15 Å². The Labute approximate surface area is 368 Å². The molecule has 2 atom stereocenters. The first-order chi connectivity index (χ1) is 30.0. The fourth-order valence-electron chi connectivity index (χ4n) is 12.7. The summed E-state index contributed by atoms with van der Waals surface area (Å²) in [7, 11) is 7.12. The average molecular weight is 808 g/mol. The molecule has 2 aromatic heterocycles. The largest absolute Gasteiger partial charge is 0.465 e. The number of allylic oxidation sites excluding steroid dienone is 7. The fraction of sp³-hybridized carbons (Fsp3) is 0.333. The molecule has 0 amide bonds. The smallest absolute Gasteiger partial charge is 0.226 e. The minimum Gasteiger partial charge on any atom is -0.465 e. The second-order valence-electron chi connectivity index (χ2n) is 20.2. The highest BCUT2D eigenvalue weighted by molar-refractivity contribution is 6.89. The van der Waals surface area contributed by atoms with Crippen molar-refractivity contribution in [1.82, 2.24) is 4.57 Å². The average Bonchev–Trinajstić information content (AvgIpc) is 3.88. The summed E-state index contributed by atoms with van der Waals surface area (Å²) in [5, 5.41) is 2.69. The fourth-order valence-corrected chi connectivity index (χ4v) is 12.7. The minimum absolute atomic E-state index is 0.0393. The maximum absolute atomic E-state index is 7.48. The molecular formula is C57H55B2NO2. The van der Waals surface area contributed by atoms with Crippen LogP contribution in [-0.2, 0) is 24.7 Å². The van der Waals surface area contributed by atoms with Gasteiger partial charge in [-0.15, -0.1) is 0 Å². The second kappa shape index (κ2) is 13.8. The lowest BCUT2D eigenvalue weighted by Gasteiger charge is -2.40. The molecule has 6 aromatic rings. The van der Waals surface area contributed by atoms with Crippen molar-refractivity contribution in [2.24, 2.45) is 0 Å². The summed E-state index contributed by atoms with van der Waals surface area (Å²) in [5.41, 5.74) is 21.4. The summed E-state index contributed by atoms with van der Waals surface area (Å²) in [4.78, 5) is 0. The van der Waals surface area contributed by atoms with Crippen molar-refractivity contribution in [1.29, 1.82) is 0 Å². The number of hydrogen-bond acceptors (Lipinski definition) is 2. The van der Waals surface area contributed by atoms with Crippen molar-refractivity contribution in [2.75, 3.05) is 0 Å². The normalized spacial score (nSPS) is 19.6. The van der Waals surface area contributed by atoms with Gasteiger partial charge < -0.3 is 13.7 Å². The van der Waals surface area contributed by atoms with Crippen molar-refractivity contribution >= 4 is 71.1 Å². The second-order valence-corrected chi connectivity index (χ2v) is 20.2. The van der Waals surface area contributed by atoms with Gasteiger partial charge in [0.05, 0.1) is 24.6 Å². The zero-order chi connectivity index (χ0) is 42.3. The van der Waals surface area contributed by atoms with Gasteiger partial charge >= 0.3 is 0 Å². The van der Waals surface area contributed by atoms with E-state index >= 15 is 0 Å². The van der Waals surface area contributed by atoms with E-state index in [1.807, 2.05) is 0 Å². The SMILES string of the molecule is [B]C(C)c1cc(C(C)C)cc(C(C)C)c1B1c2c(cc(-n3c4ccccc4c4c5c(ccc43)C3=C(CCC=C3)C5(C)C)c3c2CCC=C3)OC2=Cc3c(oc4c3C=CCC4)CC12. The predicted molar refractivity (Wildman–Crippen MR) is 262 cm³/mol. The van der Waals surface area contributed by atoms with Crippen LogP contribution in [0.4, 0.5) is 0 Å². The topological polar surface area (TPSA) is 27.3 Å². The molecule has 12 rings (SSSR count). The molecule has 0 N–H and O–H groups in total. The number of rotatable bonds is 5. The van der Waals surface area contributed by atoms with Gasteiger partial charge in [0.15, 0.2) is 0 Å². The third kappa shape index (κ3) is 5.32. The number of para-hydroxylation sites is 1. The van der Waals surface area contributed by atoms with Gasteiger partial charge in [-0.25, -0.2) is 0 Å². The van der Waals surface area contributed by atoms with Crippen LogP contribution in [0.2, 0.25) is 5.82 Å². The van der Waals surface area contributed by atoms with Crippen LogP contribution < -0.4 is 15.7 Å². The molecule has 3 heterocycles. The molecule has 0 spiro atoms. The first-order valence-corrected chi connectivity index (χ1v) is 23.5. The molecule has 5 aliphatic carbocycles. The molecule has 3 nitrogen and oxygen atoms in total. The number of benzene rings is 4. The van der Waals surface area contributed by atoms with E-state index in [-0.39, 0.29) is 23.8 Å². The predicted octanol–water partition coefficient (Wildman–Crippen LogP) is 13.1. The number of furan rings is 1.